The molecule has 40 heavy (non-hydrogen) atoms. The maximum Gasteiger partial charge on any atom is 0.338 e. The number of fused-ring (bicyclic) bond motifs is 1. The Morgan fingerprint density at radius 1 is 1.00 bits per heavy atom. The van der Waals surface area contributed by atoms with Crippen molar-refractivity contribution < 1.29 is 28.5 Å². The first-order valence-electron chi connectivity index (χ1n) is 13.0. The van der Waals surface area contributed by atoms with E-state index in [4.69, 9.17) is 24.7 Å². The van der Waals surface area contributed by atoms with Gasteiger partial charge in [0, 0.05) is 12.6 Å². The zero-order chi connectivity index (χ0) is 28.4. The highest BCUT2D eigenvalue weighted by Crippen LogP contribution is 2.34. The number of hydrogen-bond donors (Lipinski definition) is 1. The van der Waals surface area contributed by atoms with Crippen molar-refractivity contribution in [3.05, 3.63) is 77.0 Å². The van der Waals surface area contributed by atoms with Crippen LogP contribution in [-0.2, 0) is 14.2 Å². The van der Waals surface area contributed by atoms with E-state index in [-0.39, 0.29) is 25.1 Å². The molecule has 0 aliphatic carbocycles. The number of nitrogen functional groups attached to an aromatic ring is 1. The summed E-state index contributed by atoms with van der Waals surface area (Å²) >= 11 is 0. The van der Waals surface area contributed by atoms with Crippen LogP contribution < -0.4 is 10.5 Å². The molecule has 0 bridgehead atoms. The van der Waals surface area contributed by atoms with Gasteiger partial charge in [0.15, 0.2) is 11.9 Å². The number of rotatable bonds is 8. The molecule has 1 aliphatic rings. The van der Waals surface area contributed by atoms with Crippen molar-refractivity contribution in [2.24, 2.45) is 0 Å². The lowest BCUT2D eigenvalue weighted by atomic mass is 10.1. The predicted molar refractivity (Wildman–Crippen MR) is 146 cm³/mol. The quantitative estimate of drug-likeness (QED) is 0.321. The van der Waals surface area contributed by atoms with Gasteiger partial charge in [0.05, 0.1) is 17.2 Å². The fraction of sp³-hybridized carbons (Fsp3) is 0.345. The highest BCUT2D eigenvalue weighted by atomic mass is 16.6. The first-order valence-corrected chi connectivity index (χ1v) is 13.0. The Labute approximate surface area is 231 Å². The minimum atomic E-state index is -0.733. The van der Waals surface area contributed by atoms with E-state index < -0.39 is 30.4 Å². The molecule has 2 aromatic heterocycles. The van der Waals surface area contributed by atoms with Gasteiger partial charge in [-0.2, -0.15) is 9.97 Å². The second-order valence-corrected chi connectivity index (χ2v) is 10.0. The molecule has 1 aliphatic heterocycles. The van der Waals surface area contributed by atoms with Crippen LogP contribution in [0.2, 0.25) is 0 Å². The Morgan fingerprint density at radius 2 is 1.62 bits per heavy atom. The van der Waals surface area contributed by atoms with Crippen LogP contribution in [0.15, 0.2) is 54.7 Å². The maximum atomic E-state index is 13.0. The summed E-state index contributed by atoms with van der Waals surface area (Å²) in [6, 6.07) is 14.1. The summed E-state index contributed by atoms with van der Waals surface area (Å²) in [6.07, 6.45) is -0.246. The largest absolute Gasteiger partial charge is 0.474 e. The Hall–Kier alpha value is -4.51. The summed E-state index contributed by atoms with van der Waals surface area (Å²) in [7, 11) is 0. The molecule has 0 spiro atoms. The minimum Gasteiger partial charge on any atom is -0.474 e. The molecular formula is C29H31N5O6. The van der Waals surface area contributed by atoms with Crippen LogP contribution in [0, 0.1) is 13.8 Å². The number of nitrogens with two attached hydrogens (primary N) is 1. The Kier molecular flexibility index (Phi) is 7.65. The lowest BCUT2D eigenvalue weighted by Gasteiger charge is -2.19. The molecule has 3 heterocycles. The van der Waals surface area contributed by atoms with Crippen LogP contribution in [0.5, 0.6) is 5.88 Å². The smallest absolute Gasteiger partial charge is 0.338 e. The monoisotopic (exact) mass is 545 g/mol. The normalized spacial score (nSPS) is 18.7. The van der Waals surface area contributed by atoms with Crippen LogP contribution in [0.25, 0.3) is 11.0 Å². The Morgan fingerprint density at radius 3 is 2.25 bits per heavy atom. The maximum absolute atomic E-state index is 13.0. The number of aryl methyl sites for hydroxylation is 2. The van der Waals surface area contributed by atoms with Gasteiger partial charge in [0.1, 0.15) is 24.2 Å². The van der Waals surface area contributed by atoms with Crippen LogP contribution in [0.4, 0.5) is 5.95 Å². The fourth-order valence-corrected chi connectivity index (χ4v) is 4.34. The van der Waals surface area contributed by atoms with E-state index in [0.717, 1.165) is 11.1 Å². The van der Waals surface area contributed by atoms with Gasteiger partial charge < -0.3 is 24.7 Å². The number of benzene rings is 2. The van der Waals surface area contributed by atoms with Crippen molar-refractivity contribution >= 4 is 28.9 Å². The van der Waals surface area contributed by atoms with E-state index >= 15 is 0 Å². The van der Waals surface area contributed by atoms with E-state index in [1.165, 1.54) is 0 Å². The molecule has 0 unspecified atom stereocenters. The molecule has 0 saturated carbocycles. The lowest BCUT2D eigenvalue weighted by Crippen LogP contribution is -2.32. The van der Waals surface area contributed by atoms with Gasteiger partial charge in [0.2, 0.25) is 11.8 Å². The number of anilines is 1. The minimum absolute atomic E-state index is 0.0338. The van der Waals surface area contributed by atoms with Gasteiger partial charge in [-0.25, -0.2) is 14.3 Å². The van der Waals surface area contributed by atoms with Crippen molar-refractivity contribution in [3.63, 3.8) is 0 Å². The molecule has 11 heteroatoms. The first kappa shape index (κ1) is 27.1. The topological polar surface area (TPSA) is 141 Å². The van der Waals surface area contributed by atoms with E-state index in [1.54, 1.807) is 35.1 Å². The fourth-order valence-electron chi connectivity index (χ4n) is 4.34. The lowest BCUT2D eigenvalue weighted by molar-refractivity contribution is -0.0598. The Balaban J connectivity index is 1.37. The van der Waals surface area contributed by atoms with Crippen LogP contribution in [0.3, 0.4) is 0 Å². The number of nitrogens with zero attached hydrogens (tertiary/aromatic N) is 4. The summed E-state index contributed by atoms with van der Waals surface area (Å²) in [5, 5.41) is 5.09. The van der Waals surface area contributed by atoms with Gasteiger partial charge in [-0.3, -0.25) is 0 Å². The van der Waals surface area contributed by atoms with Gasteiger partial charge in [-0.1, -0.05) is 35.4 Å². The molecule has 1 saturated heterocycles. The standard InChI is InChI=1S/C29H31N5O6/c1-16(2)38-26-21-14-34(33-25(21)31-29(30)32-26)24-13-22(40-28(36)20-11-7-18(4)8-12-20)23(39-24)15-37-27(35)19-9-5-17(3)6-10-19/h5-12,14,16,22-24H,13,15H2,1-4H3,(H2,30,31,33)/t22-,23+,24+/m0/s1. The summed E-state index contributed by atoms with van der Waals surface area (Å²) < 4.78 is 25.0. The summed E-state index contributed by atoms with van der Waals surface area (Å²) in [6.45, 7) is 7.51. The molecule has 1 fully saturated rings. The average Bonchev–Trinajstić information content (AvgIpc) is 3.52. The molecule has 0 amide bonds. The second-order valence-electron chi connectivity index (χ2n) is 10.0. The van der Waals surface area contributed by atoms with E-state index in [1.807, 2.05) is 52.0 Å². The number of aromatic nitrogens is 4. The molecule has 5 rings (SSSR count). The van der Waals surface area contributed by atoms with Crippen molar-refractivity contribution in [1.82, 2.24) is 19.7 Å². The predicted octanol–water partition coefficient (Wildman–Crippen LogP) is 4.18. The zero-order valence-electron chi connectivity index (χ0n) is 22.7. The number of ether oxygens (including phenoxy) is 4. The van der Waals surface area contributed by atoms with Crippen LogP contribution in [0.1, 0.15) is 58.3 Å². The number of carbonyl (C=O) groups excluding carboxylic acids is 2. The number of carbonyl (C=O) groups is 2. The zero-order valence-corrected chi connectivity index (χ0v) is 22.7. The van der Waals surface area contributed by atoms with E-state index in [2.05, 4.69) is 15.1 Å². The van der Waals surface area contributed by atoms with E-state index in [0.29, 0.717) is 28.0 Å². The molecule has 2 N–H and O–H groups in total. The van der Waals surface area contributed by atoms with Crippen LogP contribution >= 0.6 is 0 Å². The SMILES string of the molecule is Cc1ccc(C(=O)OC[C@H]2O[C@@H](n3cc4c(OC(C)C)nc(N)nc4n3)C[C@@H]2OC(=O)c2ccc(C)cc2)cc1. The molecule has 3 atom stereocenters. The van der Waals surface area contributed by atoms with Gasteiger partial charge in [0.25, 0.3) is 0 Å². The molecule has 0 radical (unpaired) electrons. The van der Waals surface area contributed by atoms with Crippen molar-refractivity contribution in [2.75, 3.05) is 12.3 Å². The number of hydrogen-bond acceptors (Lipinski definition) is 10. The van der Waals surface area contributed by atoms with Crippen molar-refractivity contribution in [2.45, 2.75) is 58.7 Å². The second kappa shape index (κ2) is 11.3. The average molecular weight is 546 g/mol. The first-order chi connectivity index (χ1) is 19.2. The van der Waals surface area contributed by atoms with Crippen molar-refractivity contribution in [1.29, 1.82) is 0 Å². The summed E-state index contributed by atoms with van der Waals surface area (Å²) in [5.74, 6) is -0.651. The van der Waals surface area contributed by atoms with Crippen molar-refractivity contribution in [3.8, 4) is 5.88 Å². The van der Waals surface area contributed by atoms with E-state index in [9.17, 15) is 9.59 Å². The highest BCUT2D eigenvalue weighted by molar-refractivity contribution is 5.90. The van der Waals surface area contributed by atoms with Gasteiger partial charge >= 0.3 is 11.9 Å². The third-order valence-corrected chi connectivity index (χ3v) is 6.41. The summed E-state index contributed by atoms with van der Waals surface area (Å²) in [4.78, 5) is 34.0. The molecule has 11 nitrogen and oxygen atoms in total. The third kappa shape index (κ3) is 6.04. The molecule has 208 valence electrons. The number of esters is 2. The summed E-state index contributed by atoms with van der Waals surface area (Å²) in [5.41, 5.74) is 9.09. The Bertz CT molecular complexity index is 1520. The highest BCUT2D eigenvalue weighted by Gasteiger charge is 2.40. The van der Waals surface area contributed by atoms with Crippen LogP contribution in [-0.4, -0.2) is 56.6 Å². The molecule has 4 aromatic rings. The third-order valence-electron chi connectivity index (χ3n) is 6.41. The molecular weight excluding hydrogens is 514 g/mol. The van der Waals surface area contributed by atoms with Gasteiger partial charge in [-0.15, -0.1) is 5.10 Å². The molecule has 2 aromatic carbocycles. The van der Waals surface area contributed by atoms with Gasteiger partial charge in [-0.05, 0) is 52.0 Å².